The Labute approximate surface area is 285 Å². The minimum Gasteiger partial charge on any atom is -0.467 e. The number of aromatic nitrogens is 5. The molecule has 0 saturated carbocycles. The molecule has 0 aliphatic carbocycles. The van der Waals surface area contributed by atoms with Crippen LogP contribution < -0.4 is 9.64 Å². The number of nitrogens with zero attached hydrogens (tertiary/aromatic N) is 7. The maximum Gasteiger partial charge on any atom is 0.316 e. The Morgan fingerprint density at radius 3 is 1.47 bits per heavy atom. The van der Waals surface area contributed by atoms with Crippen LogP contribution in [0.1, 0.15) is 113 Å². The molecule has 1 aliphatic rings. The number of hydrogen-bond donors (Lipinski definition) is 0. The fourth-order valence-electron chi connectivity index (χ4n) is 4.44. The highest BCUT2D eigenvalue weighted by atomic mass is 16.5. The molecule has 0 amide bonds. The first-order valence-electron chi connectivity index (χ1n) is 16.9. The summed E-state index contributed by atoms with van der Waals surface area (Å²) in [6.07, 6.45) is 9.40. The van der Waals surface area contributed by atoms with Crippen molar-refractivity contribution >= 4 is 5.82 Å². The molecule has 5 rings (SSSR count). The minimum absolute atomic E-state index is 0.425. The van der Waals surface area contributed by atoms with E-state index in [1.165, 1.54) is 16.7 Å². The second kappa shape index (κ2) is 20.4. The molecule has 47 heavy (non-hydrogen) atoms. The van der Waals surface area contributed by atoms with E-state index in [1.807, 2.05) is 32.4 Å². The van der Waals surface area contributed by atoms with E-state index in [4.69, 9.17) is 4.74 Å². The first-order chi connectivity index (χ1) is 22.3. The van der Waals surface area contributed by atoms with Gasteiger partial charge in [0.1, 0.15) is 5.82 Å². The first kappa shape index (κ1) is 39.3. The van der Waals surface area contributed by atoms with Gasteiger partial charge in [-0.3, -0.25) is 9.97 Å². The molecule has 0 atom stereocenters. The van der Waals surface area contributed by atoms with Gasteiger partial charge in [0, 0.05) is 68.6 Å². The minimum atomic E-state index is 0.425. The standard InChI is InChI=1S/C13H21N3.2C9H13N.C8H12N2O/c1-11(2)12-4-5-13(14-10-12)16-8-6-15(3)7-9-16;1-7(2)9-4-5-10-8(3)6-9;1-7(2)9-5-4-8(3)10-6-9;1-6(2)7-4-9-8(11-3)10-5-7/h4-5,10-11H,6-9H2,1-3H3;2*4-7H,1-3H3;4-6H,1-3H3. The van der Waals surface area contributed by atoms with Crippen molar-refractivity contribution < 1.29 is 4.74 Å². The molecule has 8 nitrogen and oxygen atoms in total. The number of methoxy groups -OCH3 is 1. The van der Waals surface area contributed by atoms with Gasteiger partial charge >= 0.3 is 6.01 Å². The molecule has 1 saturated heterocycles. The highest BCUT2D eigenvalue weighted by molar-refractivity contribution is 5.40. The molecule has 1 aliphatic heterocycles. The van der Waals surface area contributed by atoms with Crippen molar-refractivity contribution in [2.45, 2.75) is 92.9 Å². The van der Waals surface area contributed by atoms with E-state index in [1.54, 1.807) is 19.5 Å². The number of aryl methyl sites for hydroxylation is 2. The molecular weight excluding hydrogens is 582 g/mol. The Balaban J connectivity index is 0.000000223. The van der Waals surface area contributed by atoms with Crippen LogP contribution >= 0.6 is 0 Å². The van der Waals surface area contributed by atoms with E-state index in [2.05, 4.69) is 134 Å². The van der Waals surface area contributed by atoms with Crippen LogP contribution in [-0.2, 0) is 0 Å². The molecule has 256 valence electrons. The van der Waals surface area contributed by atoms with Crippen LogP contribution in [0.5, 0.6) is 6.01 Å². The third-order valence-corrected chi connectivity index (χ3v) is 7.95. The zero-order valence-corrected chi connectivity index (χ0v) is 31.0. The number of rotatable bonds is 6. The monoisotopic (exact) mass is 641 g/mol. The Hall–Kier alpha value is -3.91. The maximum atomic E-state index is 4.83. The predicted octanol–water partition coefficient (Wildman–Crippen LogP) is 8.59. The summed E-state index contributed by atoms with van der Waals surface area (Å²) < 4.78 is 4.83. The molecule has 0 N–H and O–H groups in total. The molecule has 0 bridgehead atoms. The summed E-state index contributed by atoms with van der Waals surface area (Å²) in [6, 6.07) is 13.2. The third kappa shape index (κ3) is 14.6. The number of ether oxygens (including phenoxy) is 1. The molecule has 4 aromatic rings. The number of hydrogen-bond acceptors (Lipinski definition) is 8. The van der Waals surface area contributed by atoms with Gasteiger partial charge in [0.15, 0.2) is 0 Å². The topological polar surface area (TPSA) is 80.2 Å². The molecular formula is C39H59N7O. The zero-order valence-electron chi connectivity index (χ0n) is 31.0. The van der Waals surface area contributed by atoms with Gasteiger partial charge in [-0.25, -0.2) is 15.0 Å². The number of anilines is 1. The van der Waals surface area contributed by atoms with Crippen LogP contribution in [-0.4, -0.2) is 70.2 Å². The second-order valence-electron chi connectivity index (χ2n) is 13.3. The van der Waals surface area contributed by atoms with E-state index in [0.717, 1.165) is 48.9 Å². The van der Waals surface area contributed by atoms with Gasteiger partial charge in [0.25, 0.3) is 0 Å². The molecule has 0 spiro atoms. The highest BCUT2D eigenvalue weighted by Crippen LogP contribution is 2.18. The second-order valence-corrected chi connectivity index (χ2v) is 13.3. The summed E-state index contributed by atoms with van der Waals surface area (Å²) in [5.74, 6) is 3.36. The Bertz CT molecular complexity index is 1390. The van der Waals surface area contributed by atoms with Crippen molar-refractivity contribution in [1.29, 1.82) is 0 Å². The molecule has 0 unspecified atom stereocenters. The van der Waals surface area contributed by atoms with Crippen molar-refractivity contribution in [3.05, 3.63) is 101 Å². The van der Waals surface area contributed by atoms with Crippen molar-refractivity contribution in [2.24, 2.45) is 0 Å². The third-order valence-electron chi connectivity index (χ3n) is 7.95. The van der Waals surface area contributed by atoms with Gasteiger partial charge < -0.3 is 14.5 Å². The van der Waals surface area contributed by atoms with Crippen LogP contribution in [0.15, 0.2) is 67.4 Å². The smallest absolute Gasteiger partial charge is 0.316 e. The number of piperazine rings is 1. The fraction of sp³-hybridized carbons (Fsp3) is 0.513. The Morgan fingerprint density at radius 2 is 1.06 bits per heavy atom. The van der Waals surface area contributed by atoms with E-state index in [0.29, 0.717) is 29.7 Å². The molecule has 4 aromatic heterocycles. The Kier molecular flexibility index (Phi) is 17.0. The van der Waals surface area contributed by atoms with Crippen LogP contribution in [0.4, 0.5) is 5.82 Å². The summed E-state index contributed by atoms with van der Waals surface area (Å²) >= 11 is 0. The maximum absolute atomic E-state index is 4.83. The van der Waals surface area contributed by atoms with Gasteiger partial charge in [0.2, 0.25) is 0 Å². The van der Waals surface area contributed by atoms with Crippen molar-refractivity contribution in [2.75, 3.05) is 45.2 Å². The lowest BCUT2D eigenvalue weighted by Gasteiger charge is -2.33. The number of pyridine rings is 3. The lowest BCUT2D eigenvalue weighted by molar-refractivity contribution is 0.312. The van der Waals surface area contributed by atoms with E-state index >= 15 is 0 Å². The van der Waals surface area contributed by atoms with Gasteiger partial charge in [-0.05, 0) is 91.1 Å². The predicted molar refractivity (Wildman–Crippen MR) is 197 cm³/mol. The van der Waals surface area contributed by atoms with Crippen LogP contribution in [0, 0.1) is 13.8 Å². The number of likely N-dealkylation sites (N-methyl/N-ethyl adjacent to an activating group) is 1. The molecule has 8 heteroatoms. The Morgan fingerprint density at radius 1 is 0.553 bits per heavy atom. The highest BCUT2D eigenvalue weighted by Gasteiger charge is 2.15. The average molecular weight is 642 g/mol. The lowest BCUT2D eigenvalue weighted by atomic mass is 10.0. The zero-order chi connectivity index (χ0) is 34.9. The molecule has 5 heterocycles. The quantitative estimate of drug-likeness (QED) is 0.207. The average Bonchev–Trinajstić information content (AvgIpc) is 3.06. The summed E-state index contributed by atoms with van der Waals surface area (Å²) in [4.78, 5) is 25.6. The van der Waals surface area contributed by atoms with Crippen LogP contribution in [0.3, 0.4) is 0 Å². The van der Waals surface area contributed by atoms with Gasteiger partial charge in [0.05, 0.1) is 7.11 Å². The van der Waals surface area contributed by atoms with E-state index in [-0.39, 0.29) is 0 Å². The molecule has 0 radical (unpaired) electrons. The summed E-state index contributed by atoms with van der Waals surface area (Å²) in [6.45, 7) is 25.8. The van der Waals surface area contributed by atoms with E-state index in [9.17, 15) is 0 Å². The van der Waals surface area contributed by atoms with Gasteiger partial charge in [-0.1, -0.05) is 67.5 Å². The molecule has 0 aromatic carbocycles. The largest absolute Gasteiger partial charge is 0.467 e. The summed E-state index contributed by atoms with van der Waals surface area (Å²) in [7, 11) is 3.73. The van der Waals surface area contributed by atoms with Crippen molar-refractivity contribution in [3.8, 4) is 6.01 Å². The van der Waals surface area contributed by atoms with Gasteiger partial charge in [-0.15, -0.1) is 0 Å². The lowest BCUT2D eigenvalue weighted by Crippen LogP contribution is -2.44. The van der Waals surface area contributed by atoms with Crippen LogP contribution in [0.25, 0.3) is 0 Å². The normalized spacial score (nSPS) is 13.0. The van der Waals surface area contributed by atoms with Gasteiger partial charge in [-0.2, -0.15) is 0 Å². The summed E-state index contributed by atoms with van der Waals surface area (Å²) in [5, 5.41) is 0. The summed E-state index contributed by atoms with van der Waals surface area (Å²) in [5.41, 5.74) is 7.32. The fourth-order valence-corrected chi connectivity index (χ4v) is 4.44. The van der Waals surface area contributed by atoms with Crippen LogP contribution in [0.2, 0.25) is 0 Å². The molecule has 1 fully saturated rings. The SMILES string of the molecule is CC(C)c1ccc(N2CCN(C)CC2)nc1.COc1ncc(C(C)C)cn1.Cc1cc(C(C)C)ccn1.Cc1ccc(C(C)C)cn1. The first-order valence-corrected chi connectivity index (χ1v) is 16.9. The van der Waals surface area contributed by atoms with E-state index < -0.39 is 0 Å². The van der Waals surface area contributed by atoms with Crippen molar-refractivity contribution in [3.63, 3.8) is 0 Å². The van der Waals surface area contributed by atoms with Crippen molar-refractivity contribution in [1.82, 2.24) is 29.8 Å².